The molecular weight excluding hydrogens is 390 g/mol. The van der Waals surface area contributed by atoms with Crippen LogP contribution >= 0.6 is 68.0 Å². The monoisotopic (exact) mass is 398 g/mol. The summed E-state index contributed by atoms with van der Waals surface area (Å²) in [5.74, 6) is 0.656. The van der Waals surface area contributed by atoms with Crippen LogP contribution in [0, 0.1) is 0 Å². The van der Waals surface area contributed by atoms with Crippen molar-refractivity contribution in [1.82, 2.24) is 0 Å². The van der Waals surface area contributed by atoms with E-state index in [-0.39, 0.29) is 0 Å². The first-order valence-corrected chi connectivity index (χ1v) is 9.49. The molecule has 2 rings (SSSR count). The van der Waals surface area contributed by atoms with Gasteiger partial charge in [-0.1, -0.05) is 68.0 Å². The third kappa shape index (κ3) is 4.44. The van der Waals surface area contributed by atoms with Gasteiger partial charge in [0.25, 0.3) is 0 Å². The Morgan fingerprint density at radius 1 is 0.762 bits per heavy atom. The first kappa shape index (κ1) is 17.3. The summed E-state index contributed by atoms with van der Waals surface area (Å²) in [6.45, 7) is 0. The Hall–Kier alpha value is -0.100. The molecule has 0 aliphatic carbocycles. The van der Waals surface area contributed by atoms with Gasteiger partial charge in [-0.2, -0.15) is 0 Å². The average Bonchev–Trinajstić information content (AvgIpc) is 2.41. The Balaban J connectivity index is 2.05. The molecule has 0 saturated heterocycles. The van der Waals surface area contributed by atoms with Crippen LogP contribution < -0.4 is 11.5 Å². The summed E-state index contributed by atoms with van der Waals surface area (Å²) in [7, 11) is 3.06. The summed E-state index contributed by atoms with van der Waals surface area (Å²) in [6, 6.07) is 6.80. The quantitative estimate of drug-likeness (QED) is 0.460. The normalized spacial score (nSPS) is 10.9. The fourth-order valence-corrected chi connectivity index (χ4v) is 4.87. The molecule has 0 fully saturated rings. The molecule has 2 nitrogen and oxygen atoms in total. The molecule has 2 aromatic rings. The van der Waals surface area contributed by atoms with E-state index in [1.165, 1.54) is 10.8 Å². The zero-order valence-corrected chi connectivity index (χ0v) is 15.2. The highest BCUT2D eigenvalue weighted by Gasteiger charge is 2.09. The molecule has 0 atom stereocenters. The molecule has 0 amide bonds. The Kier molecular flexibility index (Phi) is 6.12. The molecule has 0 aliphatic rings. The average molecular weight is 400 g/mol. The zero-order valence-electron chi connectivity index (χ0n) is 10.5. The van der Waals surface area contributed by atoms with Crippen LogP contribution in [0.5, 0.6) is 0 Å². The SMILES string of the molecule is Nc1cc(CSSc2cc(N)c(Cl)cc2Cl)c(Cl)cc1Cl. The smallest absolute Gasteiger partial charge is 0.0651 e. The number of halogens is 4. The lowest BCUT2D eigenvalue weighted by molar-refractivity contribution is 1.42. The van der Waals surface area contributed by atoms with E-state index in [1.807, 2.05) is 0 Å². The minimum Gasteiger partial charge on any atom is -0.398 e. The number of hydrogen-bond donors (Lipinski definition) is 2. The fraction of sp³-hybridized carbons (Fsp3) is 0.0769. The number of benzene rings is 2. The molecule has 0 aliphatic heterocycles. The van der Waals surface area contributed by atoms with Gasteiger partial charge in [0, 0.05) is 15.7 Å². The Morgan fingerprint density at radius 2 is 1.33 bits per heavy atom. The van der Waals surface area contributed by atoms with E-state index in [0.717, 1.165) is 10.5 Å². The van der Waals surface area contributed by atoms with Crippen LogP contribution in [0.1, 0.15) is 5.56 Å². The van der Waals surface area contributed by atoms with Gasteiger partial charge in [0.05, 0.1) is 26.4 Å². The third-order valence-corrected chi connectivity index (χ3v) is 6.32. The van der Waals surface area contributed by atoms with Crippen LogP contribution in [-0.2, 0) is 5.75 Å². The van der Waals surface area contributed by atoms with Crippen molar-refractivity contribution in [1.29, 1.82) is 0 Å². The van der Waals surface area contributed by atoms with Crippen molar-refractivity contribution < 1.29 is 0 Å². The summed E-state index contributed by atoms with van der Waals surface area (Å²) in [5, 5.41) is 2.05. The lowest BCUT2D eigenvalue weighted by atomic mass is 10.2. The molecule has 0 unspecified atom stereocenters. The van der Waals surface area contributed by atoms with Crippen molar-refractivity contribution in [3.8, 4) is 0 Å². The molecule has 0 radical (unpaired) electrons. The molecule has 2 aromatic carbocycles. The first-order valence-electron chi connectivity index (χ1n) is 5.66. The molecule has 0 heterocycles. The molecule has 0 saturated carbocycles. The molecular formula is C13H10Cl4N2S2. The lowest BCUT2D eigenvalue weighted by Gasteiger charge is -2.08. The molecule has 112 valence electrons. The topological polar surface area (TPSA) is 52.0 Å². The Labute approximate surface area is 150 Å². The molecule has 4 N–H and O–H groups in total. The van der Waals surface area contributed by atoms with E-state index in [0.29, 0.717) is 37.2 Å². The number of hydrogen-bond acceptors (Lipinski definition) is 4. The van der Waals surface area contributed by atoms with Gasteiger partial charge in [0.2, 0.25) is 0 Å². The standard InChI is InChI=1S/C13H10Cl4N2S2/c14-7-2-8(15)11(18)1-6(7)5-20-21-13-4-12(19)9(16)3-10(13)17/h1-4H,5,18-19H2. The highest BCUT2D eigenvalue weighted by Crippen LogP contribution is 2.42. The molecule has 0 aromatic heterocycles. The van der Waals surface area contributed by atoms with Crippen molar-refractivity contribution in [3.05, 3.63) is 49.9 Å². The second-order valence-corrected chi connectivity index (χ2v) is 8.08. The molecule has 21 heavy (non-hydrogen) atoms. The number of anilines is 2. The Morgan fingerprint density at radius 3 is 2.00 bits per heavy atom. The number of nitrogen functional groups attached to an aromatic ring is 2. The van der Waals surface area contributed by atoms with Gasteiger partial charge < -0.3 is 11.5 Å². The summed E-state index contributed by atoms with van der Waals surface area (Å²) >= 11 is 24.1. The van der Waals surface area contributed by atoms with Crippen LogP contribution in [0.25, 0.3) is 0 Å². The van der Waals surface area contributed by atoms with E-state index >= 15 is 0 Å². The van der Waals surface area contributed by atoms with Gasteiger partial charge in [0.15, 0.2) is 0 Å². The van der Waals surface area contributed by atoms with E-state index < -0.39 is 0 Å². The number of nitrogens with two attached hydrogens (primary N) is 2. The van der Waals surface area contributed by atoms with Crippen molar-refractivity contribution in [2.45, 2.75) is 10.6 Å². The minimum absolute atomic E-state index is 0.447. The van der Waals surface area contributed by atoms with Gasteiger partial charge >= 0.3 is 0 Å². The summed E-state index contributed by atoms with van der Waals surface area (Å²) in [5.41, 5.74) is 13.5. The second-order valence-electron chi connectivity index (χ2n) is 4.11. The summed E-state index contributed by atoms with van der Waals surface area (Å²) in [4.78, 5) is 0.849. The van der Waals surface area contributed by atoms with Crippen LogP contribution in [0.3, 0.4) is 0 Å². The third-order valence-electron chi connectivity index (χ3n) is 2.58. The maximum Gasteiger partial charge on any atom is 0.0651 e. The highest BCUT2D eigenvalue weighted by atomic mass is 35.5. The molecule has 0 bridgehead atoms. The van der Waals surface area contributed by atoms with Crippen LogP contribution in [-0.4, -0.2) is 0 Å². The highest BCUT2D eigenvalue weighted by molar-refractivity contribution is 8.76. The van der Waals surface area contributed by atoms with Gasteiger partial charge in [0.1, 0.15) is 0 Å². The fourth-order valence-electron chi connectivity index (χ4n) is 1.49. The molecule has 8 heteroatoms. The van der Waals surface area contributed by atoms with Crippen molar-refractivity contribution in [3.63, 3.8) is 0 Å². The summed E-state index contributed by atoms with van der Waals surface area (Å²) < 4.78 is 0. The van der Waals surface area contributed by atoms with E-state index in [1.54, 1.807) is 35.1 Å². The van der Waals surface area contributed by atoms with Crippen LogP contribution in [0.2, 0.25) is 20.1 Å². The second kappa shape index (κ2) is 7.44. The minimum atomic E-state index is 0.447. The lowest BCUT2D eigenvalue weighted by Crippen LogP contribution is -1.90. The predicted molar refractivity (Wildman–Crippen MR) is 98.9 cm³/mol. The van der Waals surface area contributed by atoms with Crippen molar-refractivity contribution >= 4 is 79.4 Å². The van der Waals surface area contributed by atoms with E-state index in [2.05, 4.69) is 0 Å². The number of rotatable bonds is 4. The van der Waals surface area contributed by atoms with Crippen molar-refractivity contribution in [2.75, 3.05) is 11.5 Å². The van der Waals surface area contributed by atoms with Crippen LogP contribution in [0.4, 0.5) is 11.4 Å². The van der Waals surface area contributed by atoms with Gasteiger partial charge in [-0.05, 0) is 29.8 Å². The summed E-state index contributed by atoms with van der Waals surface area (Å²) in [6.07, 6.45) is 0. The zero-order chi connectivity index (χ0) is 15.6. The van der Waals surface area contributed by atoms with Gasteiger partial charge in [-0.3, -0.25) is 0 Å². The van der Waals surface area contributed by atoms with Crippen LogP contribution in [0.15, 0.2) is 29.2 Å². The van der Waals surface area contributed by atoms with Gasteiger partial charge in [-0.25, -0.2) is 0 Å². The van der Waals surface area contributed by atoms with Gasteiger partial charge in [-0.15, -0.1) is 0 Å². The van der Waals surface area contributed by atoms with E-state index in [9.17, 15) is 0 Å². The maximum absolute atomic E-state index is 6.13. The predicted octanol–water partition coefficient (Wildman–Crippen LogP) is 6.41. The van der Waals surface area contributed by atoms with Crippen molar-refractivity contribution in [2.24, 2.45) is 0 Å². The Bertz CT molecular complexity index is 622. The molecule has 0 spiro atoms. The first-order chi connectivity index (χ1) is 9.88. The van der Waals surface area contributed by atoms with E-state index in [4.69, 9.17) is 57.9 Å². The largest absolute Gasteiger partial charge is 0.398 e. The maximum atomic E-state index is 6.13.